The van der Waals surface area contributed by atoms with E-state index in [2.05, 4.69) is 6.58 Å². The highest BCUT2D eigenvalue weighted by molar-refractivity contribution is 5.86. The molecule has 22 heavy (non-hydrogen) atoms. The monoisotopic (exact) mass is 298 g/mol. The number of rotatable bonds is 7. The summed E-state index contributed by atoms with van der Waals surface area (Å²) < 4.78 is 10.5. The van der Waals surface area contributed by atoms with Crippen molar-refractivity contribution in [1.82, 2.24) is 0 Å². The third kappa shape index (κ3) is 3.88. The number of carbonyl (C=O) groups excluding carboxylic acids is 1. The summed E-state index contributed by atoms with van der Waals surface area (Å²) in [5.41, 5.74) is 0.964. The average Bonchev–Trinajstić information content (AvgIpc) is 2.56. The maximum absolute atomic E-state index is 12.1. The highest BCUT2D eigenvalue weighted by Gasteiger charge is 2.17. The molecule has 3 nitrogen and oxygen atoms in total. The standard InChI is InChI=1S/C19H22O3/c1-4-5-6-11-22-19(20)14(2)15-7-8-17-13-18(21-3)10-9-16(17)12-15/h4,7-10,12-14H,1,5-6,11H2,2-3H3/t14-/m0/s1. The van der Waals surface area contributed by atoms with Gasteiger partial charge in [0.05, 0.1) is 19.6 Å². The van der Waals surface area contributed by atoms with Crippen LogP contribution in [0.1, 0.15) is 31.2 Å². The average molecular weight is 298 g/mol. The number of allylic oxidation sites excluding steroid dienone is 1. The zero-order valence-electron chi connectivity index (χ0n) is 13.2. The minimum Gasteiger partial charge on any atom is -0.497 e. The maximum Gasteiger partial charge on any atom is 0.313 e. The van der Waals surface area contributed by atoms with Gasteiger partial charge in [-0.15, -0.1) is 6.58 Å². The fourth-order valence-electron chi connectivity index (χ4n) is 2.30. The second-order valence-corrected chi connectivity index (χ2v) is 5.29. The van der Waals surface area contributed by atoms with E-state index in [-0.39, 0.29) is 11.9 Å². The summed E-state index contributed by atoms with van der Waals surface area (Å²) in [6, 6.07) is 11.9. The Morgan fingerprint density at radius 1 is 1.23 bits per heavy atom. The Balaban J connectivity index is 2.09. The van der Waals surface area contributed by atoms with Crippen molar-refractivity contribution in [3.8, 4) is 5.75 Å². The van der Waals surface area contributed by atoms with Crippen molar-refractivity contribution in [2.24, 2.45) is 0 Å². The third-order valence-corrected chi connectivity index (χ3v) is 3.72. The first-order chi connectivity index (χ1) is 10.7. The SMILES string of the molecule is C=CCCCOC(=O)[C@@H](C)c1ccc2cc(OC)ccc2c1. The summed E-state index contributed by atoms with van der Waals surface area (Å²) >= 11 is 0. The summed E-state index contributed by atoms with van der Waals surface area (Å²) in [6.07, 6.45) is 3.51. The molecule has 0 saturated carbocycles. The number of methoxy groups -OCH3 is 1. The van der Waals surface area contributed by atoms with E-state index in [1.54, 1.807) is 7.11 Å². The summed E-state index contributed by atoms with van der Waals surface area (Å²) in [7, 11) is 1.65. The molecule has 0 radical (unpaired) electrons. The Morgan fingerprint density at radius 3 is 2.68 bits per heavy atom. The molecule has 0 amide bonds. The van der Waals surface area contributed by atoms with E-state index in [4.69, 9.17) is 9.47 Å². The molecule has 2 aromatic rings. The Hall–Kier alpha value is -2.29. The van der Waals surface area contributed by atoms with Gasteiger partial charge in [-0.3, -0.25) is 4.79 Å². The highest BCUT2D eigenvalue weighted by atomic mass is 16.5. The van der Waals surface area contributed by atoms with Crippen LogP contribution in [0.15, 0.2) is 49.1 Å². The van der Waals surface area contributed by atoms with Gasteiger partial charge in [-0.05, 0) is 48.2 Å². The quantitative estimate of drug-likeness (QED) is 0.430. The molecule has 2 rings (SSSR count). The molecule has 0 aliphatic rings. The number of hydrogen-bond acceptors (Lipinski definition) is 3. The largest absolute Gasteiger partial charge is 0.497 e. The molecule has 0 aliphatic heterocycles. The second-order valence-electron chi connectivity index (χ2n) is 5.29. The predicted octanol–water partition coefficient (Wildman–Crippen LogP) is 4.46. The summed E-state index contributed by atoms with van der Waals surface area (Å²) in [5.74, 6) is 0.377. The van der Waals surface area contributed by atoms with Crippen LogP contribution in [0.25, 0.3) is 10.8 Å². The first-order valence-corrected chi connectivity index (χ1v) is 7.51. The molecular weight excluding hydrogens is 276 g/mol. The van der Waals surface area contributed by atoms with E-state index in [9.17, 15) is 4.79 Å². The molecule has 0 spiro atoms. The lowest BCUT2D eigenvalue weighted by atomic mass is 9.98. The molecule has 0 aromatic heterocycles. The van der Waals surface area contributed by atoms with Gasteiger partial charge < -0.3 is 9.47 Å². The number of ether oxygens (including phenoxy) is 2. The summed E-state index contributed by atoms with van der Waals surface area (Å²) in [5, 5.41) is 2.18. The van der Waals surface area contributed by atoms with Gasteiger partial charge in [-0.2, -0.15) is 0 Å². The van der Waals surface area contributed by atoms with Crippen molar-refractivity contribution >= 4 is 16.7 Å². The number of carbonyl (C=O) groups is 1. The Labute approximate surface area is 131 Å². The summed E-state index contributed by atoms with van der Waals surface area (Å²) in [6.45, 7) is 5.97. The van der Waals surface area contributed by atoms with Crippen LogP contribution in [0.3, 0.4) is 0 Å². The zero-order valence-corrected chi connectivity index (χ0v) is 13.2. The van der Waals surface area contributed by atoms with E-state index in [1.807, 2.05) is 49.4 Å². The van der Waals surface area contributed by atoms with Crippen molar-refractivity contribution in [2.45, 2.75) is 25.7 Å². The van der Waals surface area contributed by atoms with E-state index in [0.717, 1.165) is 34.9 Å². The lowest BCUT2D eigenvalue weighted by Crippen LogP contribution is -2.13. The molecule has 2 aromatic carbocycles. The molecule has 0 fully saturated rings. The molecule has 0 unspecified atom stereocenters. The molecule has 3 heteroatoms. The van der Waals surface area contributed by atoms with E-state index < -0.39 is 0 Å². The molecule has 0 saturated heterocycles. The van der Waals surface area contributed by atoms with Gasteiger partial charge in [-0.25, -0.2) is 0 Å². The molecule has 1 atom stereocenters. The van der Waals surface area contributed by atoms with Crippen LogP contribution in [-0.4, -0.2) is 19.7 Å². The van der Waals surface area contributed by atoms with Crippen molar-refractivity contribution < 1.29 is 14.3 Å². The Morgan fingerprint density at radius 2 is 1.95 bits per heavy atom. The Kier molecular flexibility index (Phi) is 5.59. The van der Waals surface area contributed by atoms with Gasteiger partial charge in [0, 0.05) is 0 Å². The predicted molar refractivity (Wildman–Crippen MR) is 89.3 cm³/mol. The van der Waals surface area contributed by atoms with Crippen LogP contribution < -0.4 is 4.74 Å². The second kappa shape index (κ2) is 7.64. The first kappa shape index (κ1) is 16.1. The van der Waals surface area contributed by atoms with Crippen LogP contribution in [0.4, 0.5) is 0 Å². The number of esters is 1. The molecule has 116 valence electrons. The van der Waals surface area contributed by atoms with Gasteiger partial charge in [0.1, 0.15) is 5.75 Å². The lowest BCUT2D eigenvalue weighted by Gasteiger charge is -2.13. The topological polar surface area (TPSA) is 35.5 Å². The van der Waals surface area contributed by atoms with Crippen molar-refractivity contribution in [3.05, 3.63) is 54.6 Å². The fourth-order valence-corrected chi connectivity index (χ4v) is 2.30. The first-order valence-electron chi connectivity index (χ1n) is 7.51. The van der Waals surface area contributed by atoms with Crippen molar-refractivity contribution in [2.75, 3.05) is 13.7 Å². The minimum absolute atomic E-state index is 0.183. The van der Waals surface area contributed by atoms with Gasteiger partial charge in [0.2, 0.25) is 0 Å². The molecule has 0 heterocycles. The summed E-state index contributed by atoms with van der Waals surface area (Å²) in [4.78, 5) is 12.1. The molecule has 0 N–H and O–H groups in total. The van der Waals surface area contributed by atoms with Crippen LogP contribution in [0.2, 0.25) is 0 Å². The molecule has 0 aliphatic carbocycles. The zero-order chi connectivity index (χ0) is 15.9. The number of unbranched alkanes of at least 4 members (excludes halogenated alkanes) is 1. The van der Waals surface area contributed by atoms with E-state index >= 15 is 0 Å². The van der Waals surface area contributed by atoms with Gasteiger partial charge in [0.25, 0.3) is 0 Å². The van der Waals surface area contributed by atoms with Crippen LogP contribution in [-0.2, 0) is 9.53 Å². The molecular formula is C19H22O3. The normalized spacial score (nSPS) is 11.9. The number of benzene rings is 2. The maximum atomic E-state index is 12.1. The van der Waals surface area contributed by atoms with Crippen molar-refractivity contribution in [1.29, 1.82) is 0 Å². The highest BCUT2D eigenvalue weighted by Crippen LogP contribution is 2.25. The van der Waals surface area contributed by atoms with Gasteiger partial charge >= 0.3 is 5.97 Å². The van der Waals surface area contributed by atoms with Crippen LogP contribution in [0.5, 0.6) is 5.75 Å². The minimum atomic E-state index is -0.268. The lowest BCUT2D eigenvalue weighted by molar-refractivity contribution is -0.145. The van der Waals surface area contributed by atoms with E-state index in [0.29, 0.717) is 6.61 Å². The number of fused-ring (bicyclic) bond motifs is 1. The molecule has 0 bridgehead atoms. The Bertz CT molecular complexity index is 661. The van der Waals surface area contributed by atoms with Crippen molar-refractivity contribution in [3.63, 3.8) is 0 Å². The number of hydrogen-bond donors (Lipinski definition) is 0. The smallest absolute Gasteiger partial charge is 0.313 e. The fraction of sp³-hybridized carbons (Fsp3) is 0.316. The van der Waals surface area contributed by atoms with Gasteiger partial charge in [0.15, 0.2) is 0 Å². The van der Waals surface area contributed by atoms with E-state index in [1.165, 1.54) is 0 Å². The van der Waals surface area contributed by atoms with Gasteiger partial charge in [-0.1, -0.05) is 30.3 Å². The van der Waals surface area contributed by atoms with Crippen LogP contribution >= 0.6 is 0 Å². The third-order valence-electron chi connectivity index (χ3n) is 3.72. The van der Waals surface area contributed by atoms with Crippen LogP contribution in [0, 0.1) is 0 Å².